The molecule has 2 aromatic heterocycles. The standard InChI is InChI=1S/C18H18FN3O/c1-13-16-3-2-8-21(16)9-10-22(13)12-18-20-11-17(23-18)14-4-6-15(19)7-5-14/h2-8,11,13H,9-10,12H2,1H3. The molecule has 0 spiro atoms. The molecular formula is C18H18FN3O. The zero-order valence-electron chi connectivity index (χ0n) is 12.9. The Balaban J connectivity index is 1.51. The van der Waals surface area contributed by atoms with Crippen molar-refractivity contribution in [1.82, 2.24) is 14.5 Å². The molecule has 0 saturated heterocycles. The highest BCUT2D eigenvalue weighted by molar-refractivity contribution is 5.55. The number of rotatable bonds is 3. The highest BCUT2D eigenvalue weighted by atomic mass is 19.1. The van der Waals surface area contributed by atoms with Crippen LogP contribution in [0.2, 0.25) is 0 Å². The van der Waals surface area contributed by atoms with E-state index in [2.05, 4.69) is 39.7 Å². The van der Waals surface area contributed by atoms with Crippen LogP contribution in [0.3, 0.4) is 0 Å². The third kappa shape index (κ3) is 2.68. The number of aromatic nitrogens is 2. The minimum absolute atomic E-state index is 0.251. The van der Waals surface area contributed by atoms with E-state index in [1.54, 1.807) is 18.3 Å². The van der Waals surface area contributed by atoms with E-state index < -0.39 is 0 Å². The van der Waals surface area contributed by atoms with Crippen LogP contribution >= 0.6 is 0 Å². The van der Waals surface area contributed by atoms with E-state index >= 15 is 0 Å². The molecule has 0 aliphatic carbocycles. The SMILES string of the molecule is CC1c2cccn2CCN1Cc1ncc(-c2ccc(F)cc2)o1. The topological polar surface area (TPSA) is 34.2 Å². The molecule has 0 amide bonds. The van der Waals surface area contributed by atoms with Crippen molar-refractivity contribution in [1.29, 1.82) is 0 Å². The van der Waals surface area contributed by atoms with Gasteiger partial charge in [0.05, 0.1) is 12.7 Å². The van der Waals surface area contributed by atoms with E-state index in [0.29, 0.717) is 24.2 Å². The van der Waals surface area contributed by atoms with Crippen molar-refractivity contribution in [2.45, 2.75) is 26.1 Å². The fourth-order valence-corrected chi connectivity index (χ4v) is 3.15. The lowest BCUT2D eigenvalue weighted by molar-refractivity contribution is 0.147. The number of nitrogens with zero attached hydrogens (tertiary/aromatic N) is 3. The fourth-order valence-electron chi connectivity index (χ4n) is 3.15. The summed E-state index contributed by atoms with van der Waals surface area (Å²) >= 11 is 0. The van der Waals surface area contributed by atoms with Gasteiger partial charge in [0, 0.05) is 36.6 Å². The molecule has 1 aliphatic rings. The van der Waals surface area contributed by atoms with Crippen molar-refractivity contribution >= 4 is 0 Å². The van der Waals surface area contributed by atoms with Gasteiger partial charge in [0.1, 0.15) is 5.82 Å². The lowest BCUT2D eigenvalue weighted by atomic mass is 10.1. The Morgan fingerprint density at radius 3 is 2.87 bits per heavy atom. The molecule has 1 aliphatic heterocycles. The maximum Gasteiger partial charge on any atom is 0.209 e. The predicted octanol–water partition coefficient (Wildman–Crippen LogP) is 3.86. The van der Waals surface area contributed by atoms with Gasteiger partial charge in [0.25, 0.3) is 0 Å². The summed E-state index contributed by atoms with van der Waals surface area (Å²) in [4.78, 5) is 6.74. The molecule has 5 heteroatoms. The molecule has 3 aromatic rings. The third-order valence-electron chi connectivity index (χ3n) is 4.49. The van der Waals surface area contributed by atoms with Crippen molar-refractivity contribution in [2.75, 3.05) is 6.54 Å². The molecular weight excluding hydrogens is 293 g/mol. The first-order valence-corrected chi connectivity index (χ1v) is 7.80. The first-order chi connectivity index (χ1) is 11.2. The number of oxazole rings is 1. The van der Waals surface area contributed by atoms with Crippen molar-refractivity contribution in [3.63, 3.8) is 0 Å². The number of benzene rings is 1. The van der Waals surface area contributed by atoms with Crippen molar-refractivity contribution < 1.29 is 8.81 Å². The first-order valence-electron chi connectivity index (χ1n) is 7.80. The van der Waals surface area contributed by atoms with Gasteiger partial charge in [0.2, 0.25) is 5.89 Å². The minimum Gasteiger partial charge on any atom is -0.439 e. The van der Waals surface area contributed by atoms with Crippen LogP contribution in [0.15, 0.2) is 53.2 Å². The molecule has 1 unspecified atom stereocenters. The Bertz CT molecular complexity index is 806. The Morgan fingerprint density at radius 2 is 2.04 bits per heavy atom. The van der Waals surface area contributed by atoms with Gasteiger partial charge in [-0.15, -0.1) is 0 Å². The second-order valence-corrected chi connectivity index (χ2v) is 5.90. The molecule has 0 saturated carbocycles. The van der Waals surface area contributed by atoms with Crippen molar-refractivity contribution in [2.24, 2.45) is 0 Å². The predicted molar refractivity (Wildman–Crippen MR) is 85.2 cm³/mol. The van der Waals surface area contributed by atoms with Gasteiger partial charge in [-0.2, -0.15) is 0 Å². The maximum atomic E-state index is 13.0. The Hall–Kier alpha value is -2.40. The van der Waals surface area contributed by atoms with Crippen LogP contribution < -0.4 is 0 Å². The van der Waals surface area contributed by atoms with Gasteiger partial charge in [-0.05, 0) is 43.3 Å². The largest absolute Gasteiger partial charge is 0.439 e. The summed E-state index contributed by atoms with van der Waals surface area (Å²) in [6, 6.07) is 10.9. The normalized spacial score (nSPS) is 18.1. The van der Waals surface area contributed by atoms with Gasteiger partial charge in [-0.25, -0.2) is 9.37 Å². The van der Waals surface area contributed by atoms with Crippen LogP contribution in [0.4, 0.5) is 4.39 Å². The highest BCUT2D eigenvalue weighted by Gasteiger charge is 2.24. The van der Waals surface area contributed by atoms with Gasteiger partial charge < -0.3 is 8.98 Å². The van der Waals surface area contributed by atoms with Gasteiger partial charge in [0.15, 0.2) is 5.76 Å². The summed E-state index contributed by atoms with van der Waals surface area (Å²) in [5.41, 5.74) is 2.16. The van der Waals surface area contributed by atoms with Crippen molar-refractivity contribution in [3.05, 3.63) is 66.2 Å². The lowest BCUT2D eigenvalue weighted by Crippen LogP contribution is -2.35. The summed E-state index contributed by atoms with van der Waals surface area (Å²) in [7, 11) is 0. The molecule has 4 nitrogen and oxygen atoms in total. The van der Waals surface area contributed by atoms with E-state index in [-0.39, 0.29) is 5.82 Å². The molecule has 23 heavy (non-hydrogen) atoms. The number of halogens is 1. The summed E-state index contributed by atoms with van der Waals surface area (Å²) in [6.07, 6.45) is 3.83. The molecule has 1 atom stereocenters. The number of fused-ring (bicyclic) bond motifs is 1. The molecule has 118 valence electrons. The third-order valence-corrected chi connectivity index (χ3v) is 4.49. The van der Waals surface area contributed by atoms with Crippen LogP contribution in [0.1, 0.15) is 24.6 Å². The molecule has 0 fully saturated rings. The summed E-state index contributed by atoms with van der Waals surface area (Å²) < 4.78 is 21.1. The van der Waals surface area contributed by atoms with E-state index in [1.807, 2.05) is 0 Å². The van der Waals surface area contributed by atoms with Crippen molar-refractivity contribution in [3.8, 4) is 11.3 Å². The van der Waals surface area contributed by atoms with Gasteiger partial charge >= 0.3 is 0 Å². The molecule has 3 heterocycles. The fraction of sp³-hybridized carbons (Fsp3) is 0.278. The van der Waals surface area contributed by atoms with Crippen LogP contribution in [-0.2, 0) is 13.1 Å². The second-order valence-electron chi connectivity index (χ2n) is 5.90. The summed E-state index contributed by atoms with van der Waals surface area (Å²) in [6.45, 7) is 4.83. The van der Waals surface area contributed by atoms with Gasteiger partial charge in [-0.3, -0.25) is 4.90 Å². The van der Waals surface area contributed by atoms with Crippen LogP contribution in [0.5, 0.6) is 0 Å². The Morgan fingerprint density at radius 1 is 1.22 bits per heavy atom. The van der Waals surface area contributed by atoms with E-state index in [1.165, 1.54) is 17.8 Å². The molecule has 1 aromatic carbocycles. The van der Waals surface area contributed by atoms with E-state index in [4.69, 9.17) is 4.42 Å². The van der Waals surface area contributed by atoms with Gasteiger partial charge in [-0.1, -0.05) is 0 Å². The summed E-state index contributed by atoms with van der Waals surface area (Å²) in [5.74, 6) is 1.11. The molecule has 0 N–H and O–H groups in total. The quantitative estimate of drug-likeness (QED) is 0.736. The van der Waals surface area contributed by atoms with Crippen LogP contribution in [0, 0.1) is 5.82 Å². The van der Waals surface area contributed by atoms with Crippen LogP contribution in [0.25, 0.3) is 11.3 Å². The Kier molecular flexibility index (Phi) is 3.50. The first kappa shape index (κ1) is 14.2. The van der Waals surface area contributed by atoms with Crippen LogP contribution in [-0.4, -0.2) is 21.0 Å². The lowest BCUT2D eigenvalue weighted by Gasteiger charge is -2.33. The second kappa shape index (κ2) is 5.66. The average Bonchev–Trinajstić information content (AvgIpc) is 3.20. The zero-order chi connectivity index (χ0) is 15.8. The zero-order valence-corrected chi connectivity index (χ0v) is 12.9. The molecule has 0 radical (unpaired) electrons. The highest BCUT2D eigenvalue weighted by Crippen LogP contribution is 2.28. The van der Waals surface area contributed by atoms with E-state index in [9.17, 15) is 4.39 Å². The number of hydrogen-bond acceptors (Lipinski definition) is 3. The average molecular weight is 311 g/mol. The maximum absolute atomic E-state index is 13.0. The molecule has 4 rings (SSSR count). The van der Waals surface area contributed by atoms with E-state index in [0.717, 1.165) is 18.7 Å². The number of hydrogen-bond donors (Lipinski definition) is 0. The monoisotopic (exact) mass is 311 g/mol. The molecule has 0 bridgehead atoms. The smallest absolute Gasteiger partial charge is 0.209 e. The summed E-state index contributed by atoms with van der Waals surface area (Å²) in [5, 5.41) is 0. The Labute approximate surface area is 134 Å². The minimum atomic E-state index is -0.251.